The Bertz CT molecular complexity index is 417. The maximum absolute atomic E-state index is 14.3. The molecule has 1 unspecified atom stereocenters. The zero-order valence-electron chi connectivity index (χ0n) is 11.9. The van der Waals surface area contributed by atoms with Crippen LogP contribution in [0.2, 0.25) is 0 Å². The second-order valence-corrected chi connectivity index (χ2v) is 5.52. The number of hydrogen-bond donors (Lipinski definition) is 1. The Labute approximate surface area is 115 Å². The fraction of sp³-hybridized carbons (Fsp3) is 0.625. The van der Waals surface area contributed by atoms with Crippen LogP contribution < -0.4 is 4.90 Å². The van der Waals surface area contributed by atoms with Gasteiger partial charge in [-0.2, -0.15) is 0 Å². The van der Waals surface area contributed by atoms with E-state index in [0.717, 1.165) is 32.2 Å². The Balaban J connectivity index is 2.23. The number of benzene rings is 1. The van der Waals surface area contributed by atoms with Gasteiger partial charge in [-0.15, -0.1) is 0 Å². The monoisotopic (exact) mass is 265 g/mol. The van der Waals surface area contributed by atoms with Gasteiger partial charge < -0.3 is 10.0 Å². The van der Waals surface area contributed by atoms with E-state index in [2.05, 4.69) is 11.8 Å². The molecular formula is C16H24FNO. The summed E-state index contributed by atoms with van der Waals surface area (Å²) in [5.74, 6) is -0.207. The van der Waals surface area contributed by atoms with Gasteiger partial charge in [0.05, 0.1) is 11.8 Å². The van der Waals surface area contributed by atoms with Crippen molar-refractivity contribution in [1.29, 1.82) is 0 Å². The van der Waals surface area contributed by atoms with E-state index in [-0.39, 0.29) is 5.82 Å². The molecule has 1 fully saturated rings. The third-order valence-corrected chi connectivity index (χ3v) is 4.01. The SMILES string of the molecule is CCCC1CCCCN1c1ccc([C@H](C)O)cc1F. The molecule has 2 atom stereocenters. The number of nitrogens with zero attached hydrogens (tertiary/aromatic N) is 1. The van der Waals surface area contributed by atoms with E-state index in [0.29, 0.717) is 17.3 Å². The fourth-order valence-electron chi connectivity index (χ4n) is 2.97. The summed E-state index contributed by atoms with van der Waals surface area (Å²) in [4.78, 5) is 2.22. The smallest absolute Gasteiger partial charge is 0.146 e. The molecule has 1 aliphatic heterocycles. The highest BCUT2D eigenvalue weighted by molar-refractivity contribution is 5.50. The molecule has 1 N–H and O–H groups in total. The Morgan fingerprint density at radius 1 is 1.42 bits per heavy atom. The summed E-state index contributed by atoms with van der Waals surface area (Å²) in [6.45, 7) is 4.78. The van der Waals surface area contributed by atoms with Crippen LogP contribution in [0, 0.1) is 5.82 Å². The van der Waals surface area contributed by atoms with Crippen LogP contribution in [0.5, 0.6) is 0 Å². The molecule has 0 spiro atoms. The molecule has 1 aromatic rings. The largest absolute Gasteiger partial charge is 0.389 e. The van der Waals surface area contributed by atoms with Crippen molar-refractivity contribution in [3.05, 3.63) is 29.6 Å². The Morgan fingerprint density at radius 3 is 2.84 bits per heavy atom. The molecule has 0 aliphatic carbocycles. The minimum Gasteiger partial charge on any atom is -0.389 e. The Kier molecular flexibility index (Phi) is 4.81. The van der Waals surface area contributed by atoms with E-state index in [9.17, 15) is 9.50 Å². The first-order valence-electron chi connectivity index (χ1n) is 7.37. The number of hydrogen-bond acceptors (Lipinski definition) is 2. The summed E-state index contributed by atoms with van der Waals surface area (Å²) >= 11 is 0. The average molecular weight is 265 g/mol. The molecule has 1 aromatic carbocycles. The van der Waals surface area contributed by atoms with Crippen molar-refractivity contribution in [2.45, 2.75) is 58.1 Å². The molecular weight excluding hydrogens is 241 g/mol. The summed E-state index contributed by atoms with van der Waals surface area (Å²) in [6, 6.07) is 5.59. The number of rotatable bonds is 4. The molecule has 0 amide bonds. The molecule has 2 nitrogen and oxygen atoms in total. The average Bonchev–Trinajstić information content (AvgIpc) is 2.40. The van der Waals surface area contributed by atoms with Gasteiger partial charge in [-0.1, -0.05) is 19.4 Å². The van der Waals surface area contributed by atoms with Crippen LogP contribution in [0.25, 0.3) is 0 Å². The van der Waals surface area contributed by atoms with E-state index in [1.165, 1.54) is 12.5 Å². The summed E-state index contributed by atoms with van der Waals surface area (Å²) in [6.07, 6.45) is 5.18. The van der Waals surface area contributed by atoms with E-state index in [1.54, 1.807) is 6.92 Å². The zero-order valence-corrected chi connectivity index (χ0v) is 11.9. The molecule has 106 valence electrons. The first-order chi connectivity index (χ1) is 9.13. The maximum atomic E-state index is 14.3. The summed E-state index contributed by atoms with van der Waals surface area (Å²) in [5, 5.41) is 9.51. The lowest BCUT2D eigenvalue weighted by Crippen LogP contribution is -2.40. The Morgan fingerprint density at radius 2 is 2.21 bits per heavy atom. The summed E-state index contributed by atoms with van der Waals surface area (Å²) in [5.41, 5.74) is 1.34. The van der Waals surface area contributed by atoms with Gasteiger partial charge in [0.2, 0.25) is 0 Å². The van der Waals surface area contributed by atoms with E-state index in [4.69, 9.17) is 0 Å². The van der Waals surface area contributed by atoms with Crippen LogP contribution >= 0.6 is 0 Å². The molecule has 0 bridgehead atoms. The van der Waals surface area contributed by atoms with Gasteiger partial charge in [0, 0.05) is 12.6 Å². The van der Waals surface area contributed by atoms with Gasteiger partial charge >= 0.3 is 0 Å². The number of aliphatic hydroxyl groups excluding tert-OH is 1. The minimum atomic E-state index is -0.614. The predicted molar refractivity (Wildman–Crippen MR) is 76.9 cm³/mol. The van der Waals surface area contributed by atoms with Gasteiger partial charge in [-0.05, 0) is 50.3 Å². The molecule has 1 heterocycles. The highest BCUT2D eigenvalue weighted by atomic mass is 19.1. The van der Waals surface area contributed by atoms with Crippen molar-refractivity contribution < 1.29 is 9.50 Å². The van der Waals surface area contributed by atoms with Crippen molar-refractivity contribution in [3.63, 3.8) is 0 Å². The van der Waals surface area contributed by atoms with Gasteiger partial charge in [0.15, 0.2) is 0 Å². The van der Waals surface area contributed by atoms with E-state index in [1.807, 2.05) is 12.1 Å². The number of anilines is 1. The topological polar surface area (TPSA) is 23.5 Å². The number of aliphatic hydroxyl groups is 1. The highest BCUT2D eigenvalue weighted by Gasteiger charge is 2.24. The second-order valence-electron chi connectivity index (χ2n) is 5.52. The van der Waals surface area contributed by atoms with Crippen LogP contribution in [0.1, 0.15) is 57.6 Å². The molecule has 1 saturated heterocycles. The molecule has 19 heavy (non-hydrogen) atoms. The van der Waals surface area contributed by atoms with Crippen LogP contribution in [-0.2, 0) is 0 Å². The predicted octanol–water partition coefficient (Wildman–Crippen LogP) is 4.04. The number of piperidine rings is 1. The van der Waals surface area contributed by atoms with Crippen molar-refractivity contribution in [2.24, 2.45) is 0 Å². The highest BCUT2D eigenvalue weighted by Crippen LogP contribution is 2.30. The minimum absolute atomic E-state index is 0.207. The first kappa shape index (κ1) is 14.3. The van der Waals surface area contributed by atoms with Gasteiger partial charge in [0.25, 0.3) is 0 Å². The van der Waals surface area contributed by atoms with Crippen LogP contribution in [0.3, 0.4) is 0 Å². The van der Waals surface area contributed by atoms with Gasteiger partial charge in [-0.3, -0.25) is 0 Å². The molecule has 1 aliphatic rings. The first-order valence-corrected chi connectivity index (χ1v) is 7.37. The van der Waals surface area contributed by atoms with Crippen molar-refractivity contribution in [1.82, 2.24) is 0 Å². The van der Waals surface area contributed by atoms with Gasteiger partial charge in [-0.25, -0.2) is 4.39 Å². The molecule has 0 saturated carbocycles. The quantitative estimate of drug-likeness (QED) is 0.888. The standard InChI is InChI=1S/C16H24FNO/c1-3-6-14-7-4-5-10-18(14)16-9-8-13(12(2)19)11-15(16)17/h8-9,11-12,14,19H,3-7,10H2,1-2H3/t12-,14?/m0/s1. The second kappa shape index (κ2) is 6.38. The zero-order chi connectivity index (χ0) is 13.8. The molecule has 2 rings (SSSR count). The lowest BCUT2D eigenvalue weighted by atomic mass is 9.97. The maximum Gasteiger partial charge on any atom is 0.146 e. The van der Waals surface area contributed by atoms with Crippen LogP contribution in [0.15, 0.2) is 18.2 Å². The normalized spacial score (nSPS) is 21.5. The third-order valence-electron chi connectivity index (χ3n) is 4.01. The number of halogens is 1. The lowest BCUT2D eigenvalue weighted by Gasteiger charge is -2.38. The van der Waals surface area contributed by atoms with E-state index >= 15 is 0 Å². The lowest BCUT2D eigenvalue weighted by molar-refractivity contribution is 0.199. The summed E-state index contributed by atoms with van der Waals surface area (Å²) < 4.78 is 14.3. The van der Waals surface area contributed by atoms with Gasteiger partial charge in [0.1, 0.15) is 5.82 Å². The molecule has 0 aromatic heterocycles. The Hall–Kier alpha value is -1.09. The van der Waals surface area contributed by atoms with Crippen LogP contribution in [-0.4, -0.2) is 17.7 Å². The molecule has 0 radical (unpaired) electrons. The van der Waals surface area contributed by atoms with Crippen molar-refractivity contribution in [2.75, 3.05) is 11.4 Å². The van der Waals surface area contributed by atoms with Crippen molar-refractivity contribution >= 4 is 5.69 Å². The van der Waals surface area contributed by atoms with Crippen molar-refractivity contribution in [3.8, 4) is 0 Å². The molecule has 3 heteroatoms. The third kappa shape index (κ3) is 3.27. The van der Waals surface area contributed by atoms with E-state index < -0.39 is 6.10 Å². The fourth-order valence-corrected chi connectivity index (χ4v) is 2.97. The summed E-state index contributed by atoms with van der Waals surface area (Å²) in [7, 11) is 0. The van der Waals surface area contributed by atoms with Crippen LogP contribution in [0.4, 0.5) is 10.1 Å².